The van der Waals surface area contributed by atoms with Crippen molar-refractivity contribution >= 4 is 29.7 Å². The van der Waals surface area contributed by atoms with Crippen LogP contribution in [0.1, 0.15) is 26.3 Å². The van der Waals surface area contributed by atoms with Crippen LogP contribution < -0.4 is 9.80 Å². The predicted molar refractivity (Wildman–Crippen MR) is 153 cm³/mol. The molecule has 0 unspecified atom stereocenters. The topological polar surface area (TPSA) is 123 Å². The minimum atomic E-state index is -0.796. The van der Waals surface area contributed by atoms with E-state index >= 15 is 4.39 Å². The third kappa shape index (κ3) is 7.31. The Balaban J connectivity index is 1.29. The number of nitrogens with zero attached hydrogens (tertiary/aromatic N) is 7. The summed E-state index contributed by atoms with van der Waals surface area (Å²) in [7, 11) is 0. The number of amides is 3. The number of rotatable bonds is 6. The summed E-state index contributed by atoms with van der Waals surface area (Å²) in [5.41, 5.74) is 0.614. The van der Waals surface area contributed by atoms with E-state index in [-0.39, 0.29) is 45.0 Å². The molecule has 0 bridgehead atoms. The molecule has 3 heterocycles. The van der Waals surface area contributed by atoms with E-state index in [1.807, 2.05) is 30.3 Å². The quantitative estimate of drug-likeness (QED) is 0.389. The second-order valence-corrected chi connectivity index (χ2v) is 11.1. The Kier molecular flexibility index (Phi) is 8.64. The van der Waals surface area contributed by atoms with Gasteiger partial charge in [0, 0.05) is 19.3 Å². The molecule has 0 radical (unpaired) electrons. The Labute approximate surface area is 248 Å². The molecule has 1 atom stereocenters. The van der Waals surface area contributed by atoms with Gasteiger partial charge in [0.15, 0.2) is 0 Å². The maximum absolute atomic E-state index is 15.5. The number of anilines is 2. The fourth-order valence-corrected chi connectivity index (χ4v) is 4.80. The van der Waals surface area contributed by atoms with Crippen LogP contribution in [0.2, 0.25) is 0 Å². The molecule has 5 rings (SSSR count). The Morgan fingerprint density at radius 1 is 1.02 bits per heavy atom. The Hall–Kier alpha value is -4.88. The molecule has 228 valence electrons. The van der Waals surface area contributed by atoms with Gasteiger partial charge in [-0.15, -0.1) is 5.10 Å². The summed E-state index contributed by atoms with van der Waals surface area (Å²) in [6.45, 7) is 6.28. The molecule has 2 saturated heterocycles. The molecule has 2 aliphatic heterocycles. The van der Waals surface area contributed by atoms with Gasteiger partial charge < -0.3 is 19.1 Å². The lowest BCUT2D eigenvalue weighted by Crippen LogP contribution is -2.52. The first-order chi connectivity index (χ1) is 20.6. The first-order valence-corrected chi connectivity index (χ1v) is 13.9. The average Bonchev–Trinajstić information content (AvgIpc) is 3.54. The summed E-state index contributed by atoms with van der Waals surface area (Å²) < 4.78 is 33.6. The fourth-order valence-electron chi connectivity index (χ4n) is 4.80. The molecule has 2 aromatic carbocycles. The molecule has 3 aromatic rings. The average molecular weight is 596 g/mol. The molecule has 1 aromatic heterocycles. The van der Waals surface area contributed by atoms with Crippen molar-refractivity contribution in [2.24, 2.45) is 0 Å². The molecule has 13 nitrogen and oxygen atoms in total. The number of hydrazine groups is 1. The number of benzene rings is 2. The van der Waals surface area contributed by atoms with E-state index in [9.17, 15) is 14.4 Å². The summed E-state index contributed by atoms with van der Waals surface area (Å²) in [6, 6.07) is 13.7. The van der Waals surface area contributed by atoms with E-state index in [1.54, 1.807) is 48.7 Å². The summed E-state index contributed by atoms with van der Waals surface area (Å²) >= 11 is 0. The second-order valence-electron chi connectivity index (χ2n) is 11.1. The van der Waals surface area contributed by atoms with E-state index in [1.165, 1.54) is 27.2 Å². The van der Waals surface area contributed by atoms with E-state index in [0.29, 0.717) is 12.2 Å². The van der Waals surface area contributed by atoms with Crippen molar-refractivity contribution in [2.45, 2.75) is 45.6 Å². The lowest BCUT2D eigenvalue weighted by atomic mass is 10.2. The lowest BCUT2D eigenvalue weighted by molar-refractivity contribution is -0.0421. The van der Waals surface area contributed by atoms with Gasteiger partial charge in [-0.25, -0.2) is 33.5 Å². The summed E-state index contributed by atoms with van der Waals surface area (Å²) in [5.74, 6) is -0.561. The summed E-state index contributed by atoms with van der Waals surface area (Å²) in [4.78, 5) is 41.9. The number of carbonyl (C=O) groups is 3. The van der Waals surface area contributed by atoms with Crippen LogP contribution in [0, 0.1) is 5.82 Å². The molecule has 43 heavy (non-hydrogen) atoms. The Morgan fingerprint density at radius 3 is 2.40 bits per heavy atom. The van der Waals surface area contributed by atoms with Crippen LogP contribution in [0.5, 0.6) is 0 Å². The molecule has 2 aliphatic rings. The highest BCUT2D eigenvalue weighted by Gasteiger charge is 2.36. The third-order valence-corrected chi connectivity index (χ3v) is 6.80. The zero-order valence-electron chi connectivity index (χ0n) is 24.3. The number of carbonyl (C=O) groups excluding carboxylic acids is 3. The van der Waals surface area contributed by atoms with Crippen LogP contribution in [0.4, 0.5) is 30.1 Å². The zero-order valence-corrected chi connectivity index (χ0v) is 24.3. The molecule has 0 aliphatic carbocycles. The van der Waals surface area contributed by atoms with Crippen molar-refractivity contribution < 1.29 is 33.0 Å². The van der Waals surface area contributed by atoms with Gasteiger partial charge in [0.1, 0.15) is 24.1 Å². The highest BCUT2D eigenvalue weighted by atomic mass is 19.1. The zero-order chi connectivity index (χ0) is 30.6. The number of hydrogen-bond acceptors (Lipinski definition) is 9. The van der Waals surface area contributed by atoms with Crippen molar-refractivity contribution in [3.05, 3.63) is 72.3 Å². The third-order valence-electron chi connectivity index (χ3n) is 6.80. The van der Waals surface area contributed by atoms with E-state index in [0.717, 1.165) is 5.56 Å². The largest absolute Gasteiger partial charge is 0.443 e. The fraction of sp³-hybridized carbons (Fsp3) is 0.414. The van der Waals surface area contributed by atoms with Crippen molar-refractivity contribution in [3.63, 3.8) is 0 Å². The van der Waals surface area contributed by atoms with Gasteiger partial charge in [-0.05, 0) is 44.5 Å². The monoisotopic (exact) mass is 595 g/mol. The molecule has 3 amide bonds. The second kappa shape index (κ2) is 12.5. The van der Waals surface area contributed by atoms with E-state index in [2.05, 4.69) is 10.3 Å². The van der Waals surface area contributed by atoms with Crippen molar-refractivity contribution in [2.75, 3.05) is 42.5 Å². The first kappa shape index (κ1) is 29.6. The minimum absolute atomic E-state index is 0.0246. The van der Waals surface area contributed by atoms with Crippen molar-refractivity contribution in [1.29, 1.82) is 0 Å². The van der Waals surface area contributed by atoms with Crippen LogP contribution in [0.25, 0.3) is 0 Å². The predicted octanol–water partition coefficient (Wildman–Crippen LogP) is 4.05. The Bertz CT molecular complexity index is 1430. The molecule has 14 heteroatoms. The SMILES string of the molecule is CC(C)(C)OC(=O)N1CCN(c2ccc(N3C[C@H](Cn4ccnn4)OC3=O)cc2F)CCN1C(=O)OCc1ccccc1. The van der Waals surface area contributed by atoms with E-state index < -0.39 is 35.8 Å². The Morgan fingerprint density at radius 2 is 1.74 bits per heavy atom. The number of halogens is 1. The van der Waals surface area contributed by atoms with Crippen LogP contribution >= 0.6 is 0 Å². The van der Waals surface area contributed by atoms with Gasteiger partial charge in [0.05, 0.1) is 43.8 Å². The van der Waals surface area contributed by atoms with Gasteiger partial charge in [-0.2, -0.15) is 0 Å². The summed E-state index contributed by atoms with van der Waals surface area (Å²) in [6.07, 6.45) is 0.722. The number of aromatic nitrogens is 3. The van der Waals surface area contributed by atoms with Gasteiger partial charge in [-0.3, -0.25) is 4.90 Å². The van der Waals surface area contributed by atoms with Gasteiger partial charge in [0.2, 0.25) is 0 Å². The van der Waals surface area contributed by atoms with Crippen molar-refractivity contribution in [1.82, 2.24) is 25.0 Å². The minimum Gasteiger partial charge on any atom is -0.443 e. The lowest BCUT2D eigenvalue weighted by Gasteiger charge is -2.33. The molecule has 0 spiro atoms. The maximum atomic E-state index is 15.5. The van der Waals surface area contributed by atoms with Crippen molar-refractivity contribution in [3.8, 4) is 0 Å². The summed E-state index contributed by atoms with van der Waals surface area (Å²) in [5, 5.41) is 10.0. The standard InChI is InChI=1S/C29H34FN7O6/c1-29(2,3)43-28(40)37-16-14-33(13-15-36(37)27(39)41-20-21-7-5-4-6-8-21)25-10-9-22(17-24(25)30)35-19-23(42-26(35)38)18-34-12-11-31-32-34/h4-12,17,23H,13-16,18-20H2,1-3H3/t23-/m0/s1. The molecule has 2 fully saturated rings. The number of hydrogen-bond donors (Lipinski definition) is 0. The molecule has 0 saturated carbocycles. The van der Waals surface area contributed by atoms with Crippen LogP contribution in [-0.2, 0) is 27.4 Å². The highest BCUT2D eigenvalue weighted by molar-refractivity contribution is 5.90. The molecular weight excluding hydrogens is 561 g/mol. The van der Waals surface area contributed by atoms with Gasteiger partial charge in [-0.1, -0.05) is 35.5 Å². The normalized spacial score (nSPS) is 17.5. The van der Waals surface area contributed by atoms with Crippen LogP contribution in [0.15, 0.2) is 60.9 Å². The molecular formula is C29H34FN7O6. The highest BCUT2D eigenvalue weighted by Crippen LogP contribution is 2.29. The van der Waals surface area contributed by atoms with Crippen LogP contribution in [-0.4, -0.2) is 87.7 Å². The maximum Gasteiger partial charge on any atom is 0.429 e. The smallest absolute Gasteiger partial charge is 0.429 e. The number of ether oxygens (including phenoxy) is 3. The first-order valence-electron chi connectivity index (χ1n) is 13.9. The van der Waals surface area contributed by atoms with E-state index in [4.69, 9.17) is 14.2 Å². The van der Waals surface area contributed by atoms with Crippen LogP contribution in [0.3, 0.4) is 0 Å². The number of cyclic esters (lactones) is 1. The molecule has 0 N–H and O–H groups in total. The van der Waals surface area contributed by atoms with Gasteiger partial charge >= 0.3 is 18.3 Å². The van der Waals surface area contributed by atoms with Gasteiger partial charge in [0.25, 0.3) is 0 Å².